The van der Waals surface area contributed by atoms with Crippen LogP contribution in [-0.2, 0) is 0 Å². The van der Waals surface area contributed by atoms with Gasteiger partial charge in [-0.25, -0.2) is 9.97 Å². The van der Waals surface area contributed by atoms with Crippen LogP contribution in [0.15, 0.2) is 200 Å². The molecule has 0 unspecified atom stereocenters. The molecule has 0 aliphatic rings. The molecule has 0 bridgehead atoms. The Morgan fingerprint density at radius 2 is 0.701 bits per heavy atom. The minimum Gasteiger partial charge on any atom is -0.309 e. The fourth-order valence-corrected chi connectivity index (χ4v) is 10.6. The molecular weight excluding hydrogens is 815 g/mol. The second-order valence-electron chi connectivity index (χ2n) is 18.1. The lowest BCUT2D eigenvalue weighted by atomic mass is 10.0. The van der Waals surface area contributed by atoms with Gasteiger partial charge in [0.1, 0.15) is 0 Å². The minimum atomic E-state index is 0.726. The van der Waals surface area contributed by atoms with Crippen molar-refractivity contribution in [3.05, 3.63) is 222 Å². The molecule has 5 nitrogen and oxygen atoms in total. The van der Waals surface area contributed by atoms with E-state index in [9.17, 15) is 0 Å². The molecule has 4 heterocycles. The van der Waals surface area contributed by atoms with Gasteiger partial charge >= 0.3 is 0 Å². The molecule has 67 heavy (non-hydrogen) atoms. The fourth-order valence-electron chi connectivity index (χ4n) is 10.6. The summed E-state index contributed by atoms with van der Waals surface area (Å²) in [7, 11) is 0. The highest BCUT2D eigenvalue weighted by atomic mass is 15.0. The molecule has 318 valence electrons. The van der Waals surface area contributed by atoms with Gasteiger partial charge in [0.2, 0.25) is 0 Å². The Kier molecular flexibility index (Phi) is 8.71. The quantitative estimate of drug-likeness (QED) is 0.167. The van der Waals surface area contributed by atoms with Gasteiger partial charge in [0.15, 0.2) is 5.82 Å². The van der Waals surface area contributed by atoms with Crippen LogP contribution in [0.5, 0.6) is 0 Å². The highest BCUT2D eigenvalue weighted by Crippen LogP contribution is 2.40. The van der Waals surface area contributed by atoms with Gasteiger partial charge in [0.05, 0.1) is 44.5 Å². The van der Waals surface area contributed by atoms with Gasteiger partial charge in [-0.05, 0) is 130 Å². The third-order valence-corrected chi connectivity index (χ3v) is 13.9. The van der Waals surface area contributed by atoms with Gasteiger partial charge in [0, 0.05) is 66.1 Å². The van der Waals surface area contributed by atoms with E-state index in [4.69, 9.17) is 9.97 Å². The first kappa shape index (κ1) is 38.9. The van der Waals surface area contributed by atoms with Crippen molar-refractivity contribution in [2.24, 2.45) is 0 Å². The topological polar surface area (TPSA) is 40.6 Å². The van der Waals surface area contributed by atoms with Crippen LogP contribution in [0.2, 0.25) is 0 Å². The number of aromatic nitrogens is 5. The Morgan fingerprint density at radius 3 is 1.24 bits per heavy atom. The van der Waals surface area contributed by atoms with Crippen molar-refractivity contribution in [2.45, 2.75) is 27.7 Å². The van der Waals surface area contributed by atoms with E-state index in [0.717, 1.165) is 67.6 Å². The number of nitrogens with zero attached hydrogens (tertiary/aromatic N) is 5. The molecular formula is C62H45N5. The Bertz CT molecular complexity index is 3900. The van der Waals surface area contributed by atoms with Crippen molar-refractivity contribution in [3.63, 3.8) is 0 Å². The predicted octanol–water partition coefficient (Wildman–Crippen LogP) is 16.0. The monoisotopic (exact) mass is 859 g/mol. The van der Waals surface area contributed by atoms with Crippen molar-refractivity contribution in [2.75, 3.05) is 0 Å². The van der Waals surface area contributed by atoms with E-state index in [0.29, 0.717) is 0 Å². The zero-order chi connectivity index (χ0) is 44.9. The first-order chi connectivity index (χ1) is 32.9. The van der Waals surface area contributed by atoms with E-state index in [2.05, 4.69) is 242 Å². The zero-order valence-electron chi connectivity index (χ0n) is 37.8. The van der Waals surface area contributed by atoms with Crippen LogP contribution in [0.1, 0.15) is 22.3 Å². The zero-order valence-corrected chi connectivity index (χ0v) is 37.8. The first-order valence-corrected chi connectivity index (χ1v) is 23.1. The van der Waals surface area contributed by atoms with Crippen molar-refractivity contribution in [1.29, 1.82) is 0 Å². The Balaban J connectivity index is 1.02. The van der Waals surface area contributed by atoms with E-state index < -0.39 is 0 Å². The summed E-state index contributed by atoms with van der Waals surface area (Å²) in [5.74, 6) is 0.726. The highest BCUT2D eigenvalue weighted by molar-refractivity contribution is 6.14. The number of aryl methyl sites for hydroxylation is 4. The predicted molar refractivity (Wildman–Crippen MR) is 280 cm³/mol. The van der Waals surface area contributed by atoms with Crippen LogP contribution < -0.4 is 0 Å². The maximum atomic E-state index is 5.22. The molecule has 13 rings (SSSR count). The summed E-state index contributed by atoms with van der Waals surface area (Å²) in [4.78, 5) is 10.4. The number of para-hydroxylation sites is 2. The SMILES string of the molecule is Cc1ccc2c(c1)c1ccccc1n2-c1ccc2c(c1)c1cc(-n3c4ccccc4c4cc(C)ccc43)ccc1n2-c1ccc(-c2cc(-c3ccccc3C)nc(-c3ccccc3C)n2)cc1. The van der Waals surface area contributed by atoms with Gasteiger partial charge < -0.3 is 13.7 Å². The molecule has 9 aromatic carbocycles. The lowest BCUT2D eigenvalue weighted by Crippen LogP contribution is -1.99. The normalized spacial score (nSPS) is 11.9. The van der Waals surface area contributed by atoms with Crippen molar-refractivity contribution >= 4 is 65.4 Å². The van der Waals surface area contributed by atoms with Crippen molar-refractivity contribution in [1.82, 2.24) is 23.7 Å². The minimum absolute atomic E-state index is 0.726. The summed E-state index contributed by atoms with van der Waals surface area (Å²) in [5.41, 5.74) is 20.2. The number of hydrogen-bond donors (Lipinski definition) is 0. The maximum absolute atomic E-state index is 5.22. The molecule has 13 aromatic rings. The molecule has 0 saturated carbocycles. The molecule has 5 heteroatoms. The summed E-state index contributed by atoms with van der Waals surface area (Å²) < 4.78 is 7.28. The first-order valence-electron chi connectivity index (χ1n) is 23.1. The van der Waals surface area contributed by atoms with Gasteiger partial charge in [0.25, 0.3) is 0 Å². The Morgan fingerprint density at radius 1 is 0.299 bits per heavy atom. The highest BCUT2D eigenvalue weighted by Gasteiger charge is 2.20. The summed E-state index contributed by atoms with van der Waals surface area (Å²) in [6.07, 6.45) is 0. The largest absolute Gasteiger partial charge is 0.309 e. The molecule has 4 aromatic heterocycles. The number of benzene rings is 9. The van der Waals surface area contributed by atoms with Crippen LogP contribution in [0, 0.1) is 27.7 Å². The molecule has 0 radical (unpaired) electrons. The number of fused-ring (bicyclic) bond motifs is 9. The Labute approximate surface area is 388 Å². The summed E-state index contributed by atoms with van der Waals surface area (Å²) >= 11 is 0. The molecule has 0 saturated heterocycles. The van der Waals surface area contributed by atoms with Gasteiger partial charge in [-0.15, -0.1) is 0 Å². The second kappa shape index (κ2) is 15.0. The van der Waals surface area contributed by atoms with Gasteiger partial charge in [-0.1, -0.05) is 120 Å². The molecule has 0 aliphatic carbocycles. The molecule has 0 atom stereocenters. The molecule has 0 amide bonds. The van der Waals surface area contributed by atoms with Crippen LogP contribution >= 0.6 is 0 Å². The van der Waals surface area contributed by atoms with Gasteiger partial charge in [-0.2, -0.15) is 0 Å². The van der Waals surface area contributed by atoms with Crippen LogP contribution in [0.3, 0.4) is 0 Å². The Hall–Kier alpha value is -8.54. The summed E-state index contributed by atoms with van der Waals surface area (Å²) in [6.45, 7) is 8.62. The van der Waals surface area contributed by atoms with Crippen LogP contribution in [-0.4, -0.2) is 23.7 Å². The van der Waals surface area contributed by atoms with Crippen LogP contribution in [0.25, 0.3) is 116 Å². The van der Waals surface area contributed by atoms with E-state index in [-0.39, 0.29) is 0 Å². The van der Waals surface area contributed by atoms with E-state index >= 15 is 0 Å². The lowest BCUT2D eigenvalue weighted by Gasteiger charge is -2.13. The molecule has 0 spiro atoms. The fraction of sp³-hybridized carbons (Fsp3) is 0.0645. The van der Waals surface area contributed by atoms with Crippen LogP contribution in [0.4, 0.5) is 0 Å². The average molecular weight is 860 g/mol. The maximum Gasteiger partial charge on any atom is 0.160 e. The van der Waals surface area contributed by atoms with Crippen molar-refractivity contribution in [3.8, 4) is 51.0 Å². The second-order valence-corrected chi connectivity index (χ2v) is 18.1. The lowest BCUT2D eigenvalue weighted by molar-refractivity contribution is 1.15. The van der Waals surface area contributed by atoms with Crippen molar-refractivity contribution < 1.29 is 0 Å². The van der Waals surface area contributed by atoms with E-state index in [1.807, 2.05) is 0 Å². The summed E-state index contributed by atoms with van der Waals surface area (Å²) in [5, 5.41) is 7.43. The third-order valence-electron chi connectivity index (χ3n) is 13.9. The average Bonchev–Trinajstić information content (AvgIpc) is 3.98. The van der Waals surface area contributed by atoms with E-state index in [1.54, 1.807) is 0 Å². The number of hydrogen-bond acceptors (Lipinski definition) is 2. The summed E-state index contributed by atoms with van der Waals surface area (Å²) in [6, 6.07) is 73.0. The molecule has 0 N–H and O–H groups in total. The third kappa shape index (κ3) is 6.15. The number of rotatable bonds is 6. The van der Waals surface area contributed by atoms with E-state index in [1.165, 1.54) is 71.1 Å². The van der Waals surface area contributed by atoms with Gasteiger partial charge in [-0.3, -0.25) is 0 Å². The molecule has 0 aliphatic heterocycles. The standard InChI is InChI=1S/C62H45N5/c1-38-21-29-58-50(33-38)48-17-9-11-19-56(48)66(58)44-27-31-60-52(35-44)53-36-45(67-57-20-12-10-18-49(57)51-34-39(2)22-30-59(51)67)28-32-61(53)65(60)43-25-23-42(24-26-43)54-37-55(46-15-7-5-13-40(46)3)64-62(63-54)47-16-8-6-14-41(47)4/h5-37H,1-4H3. The smallest absolute Gasteiger partial charge is 0.160 e. The molecule has 0 fully saturated rings.